The van der Waals surface area contributed by atoms with Crippen molar-refractivity contribution in [3.63, 3.8) is 0 Å². The molecular formula is C11H20N2O. The Morgan fingerprint density at radius 2 is 2.21 bits per heavy atom. The molecule has 0 radical (unpaired) electrons. The summed E-state index contributed by atoms with van der Waals surface area (Å²) in [6, 6.07) is 0.429. The van der Waals surface area contributed by atoms with Crippen LogP contribution in [0.1, 0.15) is 57.7 Å². The zero-order chi connectivity index (χ0) is 10.6. The molecule has 0 bridgehead atoms. The van der Waals surface area contributed by atoms with Gasteiger partial charge in [0.15, 0.2) is 0 Å². The van der Waals surface area contributed by atoms with Gasteiger partial charge in [-0.25, -0.2) is 0 Å². The van der Waals surface area contributed by atoms with Crippen LogP contribution in [0.2, 0.25) is 0 Å². The van der Waals surface area contributed by atoms with E-state index in [9.17, 15) is 5.11 Å². The van der Waals surface area contributed by atoms with Crippen molar-refractivity contribution in [2.75, 3.05) is 0 Å². The second kappa shape index (κ2) is 5.15. The molecule has 14 heavy (non-hydrogen) atoms. The van der Waals surface area contributed by atoms with Gasteiger partial charge in [0.25, 0.3) is 0 Å². The number of aliphatic hydroxyl groups is 1. The highest BCUT2D eigenvalue weighted by molar-refractivity contribution is 5.07. The highest BCUT2D eigenvalue weighted by atomic mass is 16.3. The first-order valence-electron chi connectivity index (χ1n) is 5.41. The minimum Gasteiger partial charge on any atom is -0.388 e. The largest absolute Gasteiger partial charge is 0.388 e. The Morgan fingerprint density at radius 3 is 2.79 bits per heavy atom. The van der Waals surface area contributed by atoms with E-state index in [2.05, 4.69) is 18.9 Å². The quantitative estimate of drug-likeness (QED) is 0.786. The molecule has 2 atom stereocenters. The van der Waals surface area contributed by atoms with Gasteiger partial charge < -0.3 is 5.11 Å². The number of hydrogen-bond donors (Lipinski definition) is 1. The summed E-state index contributed by atoms with van der Waals surface area (Å²) in [6.45, 7) is 6.29. The number of nitrogens with zero attached hydrogens (tertiary/aromatic N) is 2. The molecule has 2 unspecified atom stereocenters. The summed E-state index contributed by atoms with van der Waals surface area (Å²) in [5, 5.41) is 13.9. The molecule has 0 spiro atoms. The van der Waals surface area contributed by atoms with Gasteiger partial charge >= 0.3 is 0 Å². The number of hydrogen-bond acceptors (Lipinski definition) is 2. The fourth-order valence-corrected chi connectivity index (χ4v) is 1.55. The fraction of sp³-hybridized carbons (Fsp3) is 0.727. The monoisotopic (exact) mass is 196 g/mol. The molecular weight excluding hydrogens is 176 g/mol. The first kappa shape index (κ1) is 11.2. The zero-order valence-corrected chi connectivity index (χ0v) is 9.27. The summed E-state index contributed by atoms with van der Waals surface area (Å²) in [5.74, 6) is 0. The van der Waals surface area contributed by atoms with Crippen molar-refractivity contribution in [1.29, 1.82) is 0 Å². The van der Waals surface area contributed by atoms with Gasteiger partial charge in [0.05, 0.1) is 12.3 Å². The van der Waals surface area contributed by atoms with Crippen molar-refractivity contribution < 1.29 is 5.11 Å². The number of rotatable bonds is 5. The van der Waals surface area contributed by atoms with Gasteiger partial charge in [0, 0.05) is 17.8 Å². The number of aliphatic hydroxyl groups excluding tert-OH is 1. The minimum absolute atomic E-state index is 0.363. The van der Waals surface area contributed by atoms with E-state index in [0.717, 1.165) is 24.8 Å². The third-order valence-corrected chi connectivity index (χ3v) is 2.55. The van der Waals surface area contributed by atoms with E-state index in [1.54, 1.807) is 6.20 Å². The molecule has 1 heterocycles. The second-order valence-corrected chi connectivity index (χ2v) is 3.82. The standard InChI is InChI=1S/C11H20N2O/c1-4-6-9(3)13-8-10(7-12-13)11(14)5-2/h7-9,11,14H,4-6H2,1-3H3. The summed E-state index contributed by atoms with van der Waals surface area (Å²) < 4.78 is 1.94. The van der Waals surface area contributed by atoms with Crippen molar-refractivity contribution in [2.24, 2.45) is 0 Å². The molecule has 0 aliphatic carbocycles. The Kier molecular flexibility index (Phi) is 4.14. The van der Waals surface area contributed by atoms with Crippen molar-refractivity contribution in [1.82, 2.24) is 9.78 Å². The highest BCUT2D eigenvalue weighted by Gasteiger charge is 2.10. The summed E-state index contributed by atoms with van der Waals surface area (Å²) in [4.78, 5) is 0. The predicted molar refractivity (Wildman–Crippen MR) is 57.1 cm³/mol. The molecule has 0 fully saturated rings. The summed E-state index contributed by atoms with van der Waals surface area (Å²) in [6.07, 6.45) is 6.39. The molecule has 80 valence electrons. The van der Waals surface area contributed by atoms with Gasteiger partial charge in [0.1, 0.15) is 0 Å². The third kappa shape index (κ3) is 2.58. The average molecular weight is 196 g/mol. The van der Waals surface area contributed by atoms with Crippen molar-refractivity contribution in [3.05, 3.63) is 18.0 Å². The Morgan fingerprint density at radius 1 is 1.50 bits per heavy atom. The first-order chi connectivity index (χ1) is 6.69. The predicted octanol–water partition coefficient (Wildman–Crippen LogP) is 2.69. The van der Waals surface area contributed by atoms with Crippen LogP contribution in [0.3, 0.4) is 0 Å². The van der Waals surface area contributed by atoms with Crippen LogP contribution in [-0.4, -0.2) is 14.9 Å². The molecule has 1 aromatic heterocycles. The highest BCUT2D eigenvalue weighted by Crippen LogP contribution is 2.18. The Balaban J connectivity index is 2.67. The summed E-state index contributed by atoms with van der Waals surface area (Å²) in [7, 11) is 0. The zero-order valence-electron chi connectivity index (χ0n) is 9.27. The maximum absolute atomic E-state index is 9.60. The Labute approximate surface area is 85.8 Å². The van der Waals surface area contributed by atoms with E-state index >= 15 is 0 Å². The van der Waals surface area contributed by atoms with Crippen LogP contribution in [0.5, 0.6) is 0 Å². The van der Waals surface area contributed by atoms with Crippen LogP contribution < -0.4 is 0 Å². The maximum Gasteiger partial charge on any atom is 0.0817 e. The molecule has 0 amide bonds. The van der Waals surface area contributed by atoms with Gasteiger partial charge in [-0.3, -0.25) is 4.68 Å². The molecule has 1 rings (SSSR count). The molecule has 1 N–H and O–H groups in total. The van der Waals surface area contributed by atoms with E-state index in [1.807, 2.05) is 17.8 Å². The Bertz CT molecular complexity index is 270. The maximum atomic E-state index is 9.60. The summed E-state index contributed by atoms with van der Waals surface area (Å²) in [5.41, 5.74) is 0.926. The van der Waals surface area contributed by atoms with E-state index in [0.29, 0.717) is 6.04 Å². The molecule has 0 aliphatic rings. The van der Waals surface area contributed by atoms with E-state index in [-0.39, 0.29) is 6.10 Å². The van der Waals surface area contributed by atoms with Crippen molar-refractivity contribution >= 4 is 0 Å². The molecule has 0 aliphatic heterocycles. The van der Waals surface area contributed by atoms with Gasteiger partial charge in [-0.05, 0) is 19.8 Å². The topological polar surface area (TPSA) is 38.0 Å². The van der Waals surface area contributed by atoms with Crippen LogP contribution in [0, 0.1) is 0 Å². The lowest BCUT2D eigenvalue weighted by Gasteiger charge is -2.10. The first-order valence-corrected chi connectivity index (χ1v) is 5.41. The van der Waals surface area contributed by atoms with Gasteiger partial charge in [-0.2, -0.15) is 5.10 Å². The SMILES string of the molecule is CCCC(C)n1cc(C(O)CC)cn1. The summed E-state index contributed by atoms with van der Waals surface area (Å²) >= 11 is 0. The third-order valence-electron chi connectivity index (χ3n) is 2.55. The van der Waals surface area contributed by atoms with Gasteiger partial charge in [0.2, 0.25) is 0 Å². The van der Waals surface area contributed by atoms with Crippen LogP contribution in [0.15, 0.2) is 12.4 Å². The van der Waals surface area contributed by atoms with E-state index < -0.39 is 0 Å². The van der Waals surface area contributed by atoms with Gasteiger partial charge in [-0.15, -0.1) is 0 Å². The molecule has 3 nitrogen and oxygen atoms in total. The average Bonchev–Trinajstić information content (AvgIpc) is 2.66. The van der Waals surface area contributed by atoms with Crippen LogP contribution in [-0.2, 0) is 0 Å². The molecule has 1 aromatic rings. The normalized spacial score (nSPS) is 15.4. The van der Waals surface area contributed by atoms with Crippen molar-refractivity contribution in [2.45, 2.75) is 52.2 Å². The second-order valence-electron chi connectivity index (χ2n) is 3.82. The lowest BCUT2D eigenvalue weighted by molar-refractivity contribution is 0.173. The lowest BCUT2D eigenvalue weighted by Crippen LogP contribution is -2.04. The molecule has 0 aromatic carbocycles. The van der Waals surface area contributed by atoms with Crippen LogP contribution in [0.25, 0.3) is 0 Å². The lowest BCUT2D eigenvalue weighted by atomic mass is 10.1. The van der Waals surface area contributed by atoms with Crippen molar-refractivity contribution in [3.8, 4) is 0 Å². The van der Waals surface area contributed by atoms with Crippen LogP contribution >= 0.6 is 0 Å². The molecule has 3 heteroatoms. The molecule has 0 saturated heterocycles. The van der Waals surface area contributed by atoms with E-state index in [1.165, 1.54) is 0 Å². The van der Waals surface area contributed by atoms with E-state index in [4.69, 9.17) is 0 Å². The van der Waals surface area contributed by atoms with Gasteiger partial charge in [-0.1, -0.05) is 20.3 Å². The number of aromatic nitrogens is 2. The smallest absolute Gasteiger partial charge is 0.0817 e. The molecule has 0 saturated carbocycles. The Hall–Kier alpha value is -0.830. The fourth-order valence-electron chi connectivity index (χ4n) is 1.55. The minimum atomic E-state index is -0.363. The van der Waals surface area contributed by atoms with Crippen LogP contribution in [0.4, 0.5) is 0 Å².